The molecule has 98 valence electrons. The van der Waals surface area contributed by atoms with Crippen molar-refractivity contribution >= 4 is 5.91 Å². The summed E-state index contributed by atoms with van der Waals surface area (Å²) in [6, 6.07) is 3.88. The van der Waals surface area contributed by atoms with Crippen molar-refractivity contribution in [1.29, 1.82) is 0 Å². The fourth-order valence-electron chi connectivity index (χ4n) is 2.23. The molecule has 0 spiro atoms. The van der Waals surface area contributed by atoms with Crippen LogP contribution in [0.2, 0.25) is 0 Å². The standard InChI is InChI=1S/C14H21N3O/c1-14(10-15,12-5-6-12)17-13(18)7-4-11-3-2-8-16-9-11/h2-3,8-9,12H,4-7,10,15H2,1H3,(H,17,18). The Morgan fingerprint density at radius 2 is 2.39 bits per heavy atom. The maximum atomic E-state index is 11.9. The van der Waals surface area contributed by atoms with E-state index in [1.54, 1.807) is 12.4 Å². The number of nitrogens with zero attached hydrogens (tertiary/aromatic N) is 1. The highest BCUT2D eigenvalue weighted by Crippen LogP contribution is 2.38. The third-order valence-electron chi connectivity index (χ3n) is 3.69. The first-order valence-corrected chi connectivity index (χ1v) is 6.54. The third kappa shape index (κ3) is 3.29. The van der Waals surface area contributed by atoms with Crippen molar-refractivity contribution in [1.82, 2.24) is 10.3 Å². The van der Waals surface area contributed by atoms with Gasteiger partial charge in [0.2, 0.25) is 5.91 Å². The number of pyridine rings is 1. The molecule has 0 radical (unpaired) electrons. The van der Waals surface area contributed by atoms with Gasteiger partial charge in [0.1, 0.15) is 0 Å². The minimum Gasteiger partial charge on any atom is -0.349 e. The number of hydrogen-bond acceptors (Lipinski definition) is 3. The molecule has 1 aliphatic rings. The molecule has 1 atom stereocenters. The molecule has 18 heavy (non-hydrogen) atoms. The average molecular weight is 247 g/mol. The molecule has 0 aromatic carbocycles. The fraction of sp³-hybridized carbons (Fsp3) is 0.571. The zero-order valence-electron chi connectivity index (χ0n) is 10.9. The molecule has 4 heteroatoms. The van der Waals surface area contributed by atoms with Crippen LogP contribution in [0.25, 0.3) is 0 Å². The summed E-state index contributed by atoms with van der Waals surface area (Å²) < 4.78 is 0. The minimum absolute atomic E-state index is 0.0821. The van der Waals surface area contributed by atoms with Gasteiger partial charge in [0.05, 0.1) is 5.54 Å². The quantitative estimate of drug-likeness (QED) is 0.795. The van der Waals surface area contributed by atoms with Gasteiger partial charge in [0.15, 0.2) is 0 Å². The molecule has 0 bridgehead atoms. The number of aromatic nitrogens is 1. The predicted molar refractivity (Wildman–Crippen MR) is 70.9 cm³/mol. The van der Waals surface area contributed by atoms with Crippen LogP contribution in [0.3, 0.4) is 0 Å². The van der Waals surface area contributed by atoms with E-state index in [2.05, 4.69) is 10.3 Å². The largest absolute Gasteiger partial charge is 0.349 e. The second kappa shape index (κ2) is 5.48. The fourth-order valence-corrected chi connectivity index (χ4v) is 2.23. The molecule has 4 nitrogen and oxygen atoms in total. The Labute approximate surface area is 108 Å². The number of rotatable bonds is 6. The zero-order valence-corrected chi connectivity index (χ0v) is 10.9. The van der Waals surface area contributed by atoms with E-state index < -0.39 is 0 Å². The van der Waals surface area contributed by atoms with E-state index in [9.17, 15) is 4.79 Å². The van der Waals surface area contributed by atoms with E-state index in [1.165, 1.54) is 12.8 Å². The van der Waals surface area contributed by atoms with Crippen molar-refractivity contribution in [3.63, 3.8) is 0 Å². The van der Waals surface area contributed by atoms with Crippen molar-refractivity contribution in [3.05, 3.63) is 30.1 Å². The molecule has 1 fully saturated rings. The maximum absolute atomic E-state index is 11.9. The van der Waals surface area contributed by atoms with Gasteiger partial charge in [-0.15, -0.1) is 0 Å². The number of amides is 1. The molecule has 1 unspecified atom stereocenters. The zero-order chi connectivity index (χ0) is 13.0. The number of hydrogen-bond donors (Lipinski definition) is 2. The van der Waals surface area contributed by atoms with E-state index in [4.69, 9.17) is 5.73 Å². The van der Waals surface area contributed by atoms with E-state index >= 15 is 0 Å². The Hall–Kier alpha value is -1.42. The topological polar surface area (TPSA) is 68.0 Å². The van der Waals surface area contributed by atoms with Crippen LogP contribution in [-0.2, 0) is 11.2 Å². The lowest BCUT2D eigenvalue weighted by Gasteiger charge is -2.29. The van der Waals surface area contributed by atoms with Crippen LogP contribution in [-0.4, -0.2) is 23.0 Å². The van der Waals surface area contributed by atoms with Crippen molar-refractivity contribution in [3.8, 4) is 0 Å². The molecule has 1 aromatic heterocycles. The number of nitrogens with two attached hydrogens (primary N) is 1. The summed E-state index contributed by atoms with van der Waals surface area (Å²) in [7, 11) is 0. The van der Waals surface area contributed by atoms with Crippen molar-refractivity contribution < 1.29 is 4.79 Å². The minimum atomic E-state index is -0.216. The third-order valence-corrected chi connectivity index (χ3v) is 3.69. The SMILES string of the molecule is CC(CN)(NC(=O)CCc1cccnc1)C1CC1. The van der Waals surface area contributed by atoms with Gasteiger partial charge in [-0.2, -0.15) is 0 Å². The van der Waals surface area contributed by atoms with Crippen molar-refractivity contribution in [2.24, 2.45) is 11.7 Å². The second-order valence-corrected chi connectivity index (χ2v) is 5.31. The van der Waals surface area contributed by atoms with Gasteiger partial charge in [0.25, 0.3) is 0 Å². The van der Waals surface area contributed by atoms with Crippen LogP contribution in [0.5, 0.6) is 0 Å². The van der Waals surface area contributed by atoms with E-state index in [0.717, 1.165) is 12.0 Å². The van der Waals surface area contributed by atoms with E-state index in [0.29, 0.717) is 18.9 Å². The molecule has 1 amide bonds. The van der Waals surface area contributed by atoms with Gasteiger partial charge < -0.3 is 11.1 Å². The number of nitrogens with one attached hydrogen (secondary N) is 1. The van der Waals surface area contributed by atoms with Gasteiger partial charge >= 0.3 is 0 Å². The number of carbonyl (C=O) groups excluding carboxylic acids is 1. The lowest BCUT2D eigenvalue weighted by atomic mass is 9.95. The van der Waals surface area contributed by atoms with Crippen LogP contribution in [0.15, 0.2) is 24.5 Å². The number of aryl methyl sites for hydroxylation is 1. The van der Waals surface area contributed by atoms with Crippen molar-refractivity contribution in [2.75, 3.05) is 6.54 Å². The molecular formula is C14H21N3O. The summed E-state index contributed by atoms with van der Waals surface area (Å²) in [5, 5.41) is 3.09. The Morgan fingerprint density at radius 1 is 1.61 bits per heavy atom. The summed E-state index contributed by atoms with van der Waals surface area (Å²) in [6.45, 7) is 2.56. The molecule has 1 aliphatic carbocycles. The summed E-state index contributed by atoms with van der Waals surface area (Å²) in [4.78, 5) is 16.0. The highest BCUT2D eigenvalue weighted by atomic mass is 16.1. The van der Waals surface area contributed by atoms with Gasteiger partial charge in [-0.1, -0.05) is 6.07 Å². The molecule has 1 saturated carbocycles. The first kappa shape index (κ1) is 13.0. The van der Waals surface area contributed by atoms with Crippen LogP contribution in [0.4, 0.5) is 0 Å². The molecule has 1 aromatic rings. The van der Waals surface area contributed by atoms with Gasteiger partial charge in [-0.05, 0) is 43.7 Å². The second-order valence-electron chi connectivity index (χ2n) is 5.31. The number of carbonyl (C=O) groups is 1. The summed E-state index contributed by atoms with van der Waals surface area (Å²) in [5.41, 5.74) is 6.65. The summed E-state index contributed by atoms with van der Waals surface area (Å²) >= 11 is 0. The predicted octanol–water partition coefficient (Wildman–Crippen LogP) is 1.26. The molecule has 3 N–H and O–H groups in total. The Morgan fingerprint density at radius 3 is 2.94 bits per heavy atom. The first-order valence-electron chi connectivity index (χ1n) is 6.54. The van der Waals surface area contributed by atoms with Crippen LogP contribution >= 0.6 is 0 Å². The molecule has 0 aliphatic heterocycles. The Bertz CT molecular complexity index is 403. The molecular weight excluding hydrogens is 226 g/mol. The van der Waals surface area contributed by atoms with Gasteiger partial charge in [-0.25, -0.2) is 0 Å². The van der Waals surface area contributed by atoms with Crippen LogP contribution in [0.1, 0.15) is 31.7 Å². The highest BCUT2D eigenvalue weighted by Gasteiger charge is 2.41. The molecule has 2 rings (SSSR count). The van der Waals surface area contributed by atoms with Crippen LogP contribution < -0.4 is 11.1 Å². The maximum Gasteiger partial charge on any atom is 0.220 e. The molecule has 1 heterocycles. The van der Waals surface area contributed by atoms with E-state index in [1.807, 2.05) is 19.1 Å². The van der Waals surface area contributed by atoms with Gasteiger partial charge in [-0.3, -0.25) is 9.78 Å². The van der Waals surface area contributed by atoms with E-state index in [-0.39, 0.29) is 11.4 Å². The smallest absolute Gasteiger partial charge is 0.220 e. The Kier molecular flexibility index (Phi) is 3.97. The lowest BCUT2D eigenvalue weighted by molar-refractivity contribution is -0.123. The highest BCUT2D eigenvalue weighted by molar-refractivity contribution is 5.77. The van der Waals surface area contributed by atoms with Gasteiger partial charge in [0, 0.05) is 25.4 Å². The normalized spacial score (nSPS) is 18.1. The Balaban J connectivity index is 1.81. The lowest BCUT2D eigenvalue weighted by Crippen LogP contribution is -2.53. The first-order chi connectivity index (χ1) is 8.64. The average Bonchev–Trinajstić information content (AvgIpc) is 3.22. The summed E-state index contributed by atoms with van der Waals surface area (Å²) in [6.07, 6.45) is 7.12. The summed E-state index contributed by atoms with van der Waals surface area (Å²) in [5.74, 6) is 0.642. The van der Waals surface area contributed by atoms with Crippen LogP contribution in [0, 0.1) is 5.92 Å². The monoisotopic (exact) mass is 247 g/mol. The molecule has 0 saturated heterocycles. The van der Waals surface area contributed by atoms with Crippen molar-refractivity contribution in [2.45, 2.75) is 38.1 Å².